The molecule has 1 N–H and O–H groups in total. The molecule has 0 saturated heterocycles. The first kappa shape index (κ1) is 13.9. The van der Waals surface area contributed by atoms with E-state index in [0.29, 0.717) is 5.56 Å². The van der Waals surface area contributed by atoms with Gasteiger partial charge in [0.25, 0.3) is 0 Å². The lowest BCUT2D eigenvalue weighted by Gasteiger charge is -2.07. The summed E-state index contributed by atoms with van der Waals surface area (Å²) in [5, 5.41) is 2.81. The highest BCUT2D eigenvalue weighted by Crippen LogP contribution is 2.14. The van der Waals surface area contributed by atoms with Crippen molar-refractivity contribution in [2.75, 3.05) is 19.5 Å². The van der Waals surface area contributed by atoms with Gasteiger partial charge < -0.3 is 14.8 Å². The number of hydrogen-bond acceptors (Lipinski definition) is 6. The van der Waals surface area contributed by atoms with Crippen molar-refractivity contribution in [1.82, 2.24) is 15.0 Å². The largest absolute Gasteiger partial charge is 0.467 e. The summed E-state index contributed by atoms with van der Waals surface area (Å²) in [6.45, 7) is 0.144. The zero-order valence-corrected chi connectivity index (χ0v) is 10.9. The average Bonchev–Trinajstić information content (AvgIpc) is 2.43. The molecule has 1 aromatic heterocycles. The fraction of sp³-hybridized carbons (Fsp3) is 0.250. The molecule has 0 bridgehead atoms. The number of halogens is 2. The lowest BCUT2D eigenvalue weighted by Crippen LogP contribution is -2.07. The number of rotatable bonds is 5. The van der Waals surface area contributed by atoms with Crippen molar-refractivity contribution in [2.45, 2.75) is 6.54 Å². The van der Waals surface area contributed by atoms with Crippen LogP contribution < -0.4 is 14.8 Å². The van der Waals surface area contributed by atoms with E-state index >= 15 is 0 Å². The zero-order valence-electron chi connectivity index (χ0n) is 10.9. The predicted molar refractivity (Wildman–Crippen MR) is 66.6 cm³/mol. The van der Waals surface area contributed by atoms with E-state index in [2.05, 4.69) is 20.3 Å². The van der Waals surface area contributed by atoms with Crippen LogP contribution in [0.3, 0.4) is 0 Å². The lowest BCUT2D eigenvalue weighted by molar-refractivity contribution is 0.341. The summed E-state index contributed by atoms with van der Waals surface area (Å²) in [5.41, 5.74) is 0.417. The van der Waals surface area contributed by atoms with Gasteiger partial charge in [0.2, 0.25) is 5.95 Å². The number of nitrogens with zero attached hydrogens (tertiary/aromatic N) is 3. The molecule has 0 radical (unpaired) electrons. The van der Waals surface area contributed by atoms with Crippen molar-refractivity contribution in [1.29, 1.82) is 0 Å². The van der Waals surface area contributed by atoms with Crippen LogP contribution in [0.25, 0.3) is 0 Å². The maximum absolute atomic E-state index is 13.0. The van der Waals surface area contributed by atoms with Gasteiger partial charge in [-0.3, -0.25) is 0 Å². The summed E-state index contributed by atoms with van der Waals surface area (Å²) in [7, 11) is 2.81. The van der Waals surface area contributed by atoms with Gasteiger partial charge >= 0.3 is 12.0 Å². The van der Waals surface area contributed by atoms with E-state index in [1.54, 1.807) is 0 Å². The van der Waals surface area contributed by atoms with Gasteiger partial charge in [0.1, 0.15) is 11.6 Å². The van der Waals surface area contributed by atoms with E-state index in [9.17, 15) is 8.78 Å². The number of methoxy groups -OCH3 is 2. The van der Waals surface area contributed by atoms with Crippen LogP contribution in [0.2, 0.25) is 0 Å². The molecule has 1 aromatic carbocycles. The second-order valence-corrected chi connectivity index (χ2v) is 3.76. The van der Waals surface area contributed by atoms with Crippen LogP contribution in [-0.4, -0.2) is 29.2 Å². The molecule has 1 heterocycles. The molecule has 2 aromatic rings. The molecular weight excluding hydrogens is 270 g/mol. The Morgan fingerprint density at radius 3 is 2.00 bits per heavy atom. The number of hydrogen-bond donors (Lipinski definition) is 1. The van der Waals surface area contributed by atoms with E-state index in [4.69, 9.17) is 9.47 Å². The Labute approximate surface area is 113 Å². The van der Waals surface area contributed by atoms with Crippen LogP contribution in [-0.2, 0) is 6.54 Å². The highest BCUT2D eigenvalue weighted by Gasteiger charge is 2.07. The molecule has 2 rings (SSSR count). The average molecular weight is 282 g/mol. The van der Waals surface area contributed by atoms with Gasteiger partial charge in [0.05, 0.1) is 14.2 Å². The molecular formula is C12H12F2N4O2. The van der Waals surface area contributed by atoms with Crippen LogP contribution in [0.1, 0.15) is 5.56 Å². The first-order valence-electron chi connectivity index (χ1n) is 5.63. The normalized spacial score (nSPS) is 10.2. The summed E-state index contributed by atoms with van der Waals surface area (Å²) in [4.78, 5) is 11.7. The maximum atomic E-state index is 13.0. The maximum Gasteiger partial charge on any atom is 0.324 e. The van der Waals surface area contributed by atoms with Crippen molar-refractivity contribution in [2.24, 2.45) is 0 Å². The van der Waals surface area contributed by atoms with E-state index in [1.807, 2.05) is 0 Å². The number of ether oxygens (including phenoxy) is 2. The number of benzene rings is 1. The smallest absolute Gasteiger partial charge is 0.324 e. The Morgan fingerprint density at radius 1 is 0.950 bits per heavy atom. The second kappa shape index (κ2) is 6.09. The van der Waals surface area contributed by atoms with Crippen molar-refractivity contribution >= 4 is 5.95 Å². The van der Waals surface area contributed by atoms with Gasteiger partial charge in [-0.2, -0.15) is 9.97 Å². The standard InChI is InChI=1S/C12H12F2N4O2/c1-19-11-16-10(17-12(18-11)20-2)15-6-7-3-8(13)5-9(14)4-7/h3-5H,6H2,1-2H3,(H,15,16,17,18). The number of nitrogens with one attached hydrogen (secondary N) is 1. The van der Waals surface area contributed by atoms with Crippen molar-refractivity contribution in [3.05, 3.63) is 35.4 Å². The second-order valence-electron chi connectivity index (χ2n) is 3.76. The van der Waals surface area contributed by atoms with Crippen LogP contribution >= 0.6 is 0 Å². The minimum absolute atomic E-state index is 0.0739. The molecule has 0 amide bonds. The van der Waals surface area contributed by atoms with Gasteiger partial charge in [-0.25, -0.2) is 8.78 Å². The van der Waals surface area contributed by atoms with Crippen LogP contribution in [0.15, 0.2) is 18.2 Å². The third-order valence-electron chi connectivity index (χ3n) is 2.33. The molecule has 0 aliphatic rings. The number of aromatic nitrogens is 3. The quantitative estimate of drug-likeness (QED) is 0.901. The molecule has 8 heteroatoms. The minimum Gasteiger partial charge on any atom is -0.467 e. The minimum atomic E-state index is -0.646. The van der Waals surface area contributed by atoms with Gasteiger partial charge in [0, 0.05) is 12.6 Å². The third kappa shape index (κ3) is 3.50. The summed E-state index contributed by atoms with van der Waals surface area (Å²) in [6, 6.07) is 3.38. The Kier molecular flexibility index (Phi) is 4.24. The van der Waals surface area contributed by atoms with Gasteiger partial charge in [-0.1, -0.05) is 0 Å². The van der Waals surface area contributed by atoms with E-state index < -0.39 is 11.6 Å². The summed E-state index contributed by atoms with van der Waals surface area (Å²) >= 11 is 0. The highest BCUT2D eigenvalue weighted by molar-refractivity contribution is 5.30. The van der Waals surface area contributed by atoms with Crippen LogP contribution in [0.4, 0.5) is 14.7 Å². The van der Waals surface area contributed by atoms with Crippen LogP contribution in [0.5, 0.6) is 12.0 Å². The molecule has 20 heavy (non-hydrogen) atoms. The molecule has 106 valence electrons. The Bertz CT molecular complexity index is 568. The third-order valence-corrected chi connectivity index (χ3v) is 2.33. The van der Waals surface area contributed by atoms with Gasteiger partial charge in [0.15, 0.2) is 0 Å². The fourth-order valence-corrected chi connectivity index (χ4v) is 1.49. The van der Waals surface area contributed by atoms with Crippen molar-refractivity contribution in [3.63, 3.8) is 0 Å². The number of anilines is 1. The Balaban J connectivity index is 2.13. The molecule has 0 unspecified atom stereocenters. The van der Waals surface area contributed by atoms with Gasteiger partial charge in [-0.15, -0.1) is 4.98 Å². The van der Waals surface area contributed by atoms with E-state index in [0.717, 1.165) is 6.07 Å². The SMILES string of the molecule is COc1nc(NCc2cc(F)cc(F)c2)nc(OC)n1. The first-order chi connectivity index (χ1) is 9.60. The first-order valence-corrected chi connectivity index (χ1v) is 5.63. The summed E-state index contributed by atoms with van der Waals surface area (Å²) in [5.74, 6) is -1.11. The monoisotopic (exact) mass is 282 g/mol. The molecule has 0 spiro atoms. The van der Waals surface area contributed by atoms with Gasteiger partial charge in [-0.05, 0) is 17.7 Å². The van der Waals surface area contributed by atoms with E-state index in [1.165, 1.54) is 26.4 Å². The topological polar surface area (TPSA) is 69.2 Å². The van der Waals surface area contributed by atoms with E-state index in [-0.39, 0.29) is 24.5 Å². The zero-order chi connectivity index (χ0) is 14.5. The van der Waals surface area contributed by atoms with Crippen LogP contribution in [0, 0.1) is 11.6 Å². The summed E-state index contributed by atoms with van der Waals surface area (Å²) in [6.07, 6.45) is 0. The molecule has 0 atom stereocenters. The molecule has 6 nitrogen and oxygen atoms in total. The van der Waals surface area contributed by atoms with Crippen molar-refractivity contribution in [3.8, 4) is 12.0 Å². The highest BCUT2D eigenvalue weighted by atomic mass is 19.1. The predicted octanol–water partition coefficient (Wildman–Crippen LogP) is 1.78. The molecule has 0 aliphatic heterocycles. The Hall–Kier alpha value is -2.51. The van der Waals surface area contributed by atoms with Crippen molar-refractivity contribution < 1.29 is 18.3 Å². The summed E-state index contributed by atoms with van der Waals surface area (Å²) < 4.78 is 35.9. The molecule has 0 fully saturated rings. The Morgan fingerprint density at radius 2 is 1.50 bits per heavy atom. The fourth-order valence-electron chi connectivity index (χ4n) is 1.49. The molecule has 0 saturated carbocycles. The lowest BCUT2D eigenvalue weighted by atomic mass is 10.2. The molecule has 0 aliphatic carbocycles.